The fraction of sp³-hybridized carbons (Fsp3) is 0.417. The molecule has 22 heavy (non-hydrogen) atoms. The van der Waals surface area contributed by atoms with E-state index in [-0.39, 0.29) is 6.54 Å². The molecule has 0 unspecified atom stereocenters. The minimum absolute atomic E-state index is 0.144. The number of alkyl halides is 3. The fourth-order valence-electron chi connectivity index (χ4n) is 1.70. The first-order valence-corrected chi connectivity index (χ1v) is 7.58. The number of rotatable bonds is 7. The number of carboxylic acid groups (broad SMARTS) is 1. The third-order valence-corrected chi connectivity index (χ3v) is 4.36. The van der Waals surface area contributed by atoms with Gasteiger partial charge >= 0.3 is 12.3 Å². The molecule has 10 heteroatoms. The van der Waals surface area contributed by atoms with Gasteiger partial charge in [0.2, 0.25) is 10.0 Å². The average molecular weight is 341 g/mol. The molecule has 0 spiro atoms. The van der Waals surface area contributed by atoms with E-state index in [1.165, 1.54) is 12.1 Å². The van der Waals surface area contributed by atoms with Crippen molar-refractivity contribution in [3.8, 4) is 5.75 Å². The Morgan fingerprint density at radius 1 is 1.32 bits per heavy atom. The van der Waals surface area contributed by atoms with Gasteiger partial charge in [-0.3, -0.25) is 4.79 Å². The van der Waals surface area contributed by atoms with Crippen LogP contribution in [0.3, 0.4) is 0 Å². The van der Waals surface area contributed by atoms with Crippen molar-refractivity contribution in [1.29, 1.82) is 0 Å². The van der Waals surface area contributed by atoms with Crippen LogP contribution in [-0.4, -0.2) is 43.3 Å². The Morgan fingerprint density at radius 2 is 1.91 bits per heavy atom. The van der Waals surface area contributed by atoms with Crippen molar-refractivity contribution in [3.05, 3.63) is 24.3 Å². The molecule has 0 saturated carbocycles. The maximum absolute atomic E-state index is 12.4. The van der Waals surface area contributed by atoms with Crippen LogP contribution in [0.25, 0.3) is 0 Å². The Balaban J connectivity index is 3.28. The van der Waals surface area contributed by atoms with Crippen LogP contribution < -0.4 is 4.74 Å². The van der Waals surface area contributed by atoms with Crippen molar-refractivity contribution in [1.82, 2.24) is 4.31 Å². The van der Waals surface area contributed by atoms with E-state index < -0.39 is 39.5 Å². The van der Waals surface area contributed by atoms with Crippen molar-refractivity contribution >= 4 is 16.0 Å². The quantitative estimate of drug-likeness (QED) is 0.821. The zero-order valence-corrected chi connectivity index (χ0v) is 12.3. The van der Waals surface area contributed by atoms with Gasteiger partial charge in [-0.1, -0.05) is 19.1 Å². The molecular weight excluding hydrogens is 327 g/mol. The molecule has 0 bridgehead atoms. The summed E-state index contributed by atoms with van der Waals surface area (Å²) < 4.78 is 66.1. The molecule has 0 amide bonds. The summed E-state index contributed by atoms with van der Waals surface area (Å²) >= 11 is 0. The number of para-hydroxylation sites is 1. The van der Waals surface area contributed by atoms with Gasteiger partial charge in [0.05, 0.1) is 0 Å². The lowest BCUT2D eigenvalue weighted by molar-refractivity contribution is -0.275. The molecule has 0 aliphatic heterocycles. The third-order valence-electron chi connectivity index (χ3n) is 2.48. The predicted molar refractivity (Wildman–Crippen MR) is 69.8 cm³/mol. The lowest BCUT2D eigenvalue weighted by Gasteiger charge is -2.21. The van der Waals surface area contributed by atoms with Crippen LogP contribution in [0.15, 0.2) is 29.2 Å². The topological polar surface area (TPSA) is 83.9 Å². The molecule has 1 N–H and O–H groups in total. The Kier molecular flexibility index (Phi) is 5.78. The van der Waals surface area contributed by atoms with Crippen LogP contribution in [0.2, 0.25) is 0 Å². The maximum atomic E-state index is 12.4. The van der Waals surface area contributed by atoms with Crippen LogP contribution >= 0.6 is 0 Å². The lowest BCUT2D eigenvalue weighted by Crippen LogP contribution is -2.36. The predicted octanol–water partition coefficient (Wildman–Crippen LogP) is 2.07. The van der Waals surface area contributed by atoms with Gasteiger partial charge in [0, 0.05) is 6.54 Å². The molecule has 0 fully saturated rings. The van der Waals surface area contributed by atoms with Gasteiger partial charge in [0.1, 0.15) is 17.2 Å². The number of ether oxygens (including phenoxy) is 1. The van der Waals surface area contributed by atoms with Gasteiger partial charge in [0.25, 0.3) is 0 Å². The van der Waals surface area contributed by atoms with Crippen molar-refractivity contribution in [2.45, 2.75) is 24.6 Å². The number of carbonyl (C=O) groups is 1. The Morgan fingerprint density at radius 3 is 2.41 bits per heavy atom. The zero-order chi connectivity index (χ0) is 17.0. The second-order valence-electron chi connectivity index (χ2n) is 4.23. The highest BCUT2D eigenvalue weighted by atomic mass is 32.2. The summed E-state index contributed by atoms with van der Waals surface area (Å²) in [4.78, 5) is 10.0. The largest absolute Gasteiger partial charge is 0.573 e. The molecule has 1 rings (SSSR count). The van der Waals surface area contributed by atoms with Gasteiger partial charge in [-0.25, -0.2) is 8.42 Å². The van der Waals surface area contributed by atoms with Crippen molar-refractivity contribution < 1.29 is 36.2 Å². The number of aliphatic carboxylic acids is 1. The summed E-state index contributed by atoms with van der Waals surface area (Å²) in [7, 11) is -4.43. The molecule has 0 aliphatic carbocycles. The Bertz CT molecular complexity index is 630. The summed E-state index contributed by atoms with van der Waals surface area (Å²) in [5.41, 5.74) is 0. The highest BCUT2D eigenvalue weighted by Crippen LogP contribution is 2.31. The fourth-order valence-corrected chi connectivity index (χ4v) is 3.29. The van der Waals surface area contributed by atoms with E-state index in [0.29, 0.717) is 10.7 Å². The smallest absolute Gasteiger partial charge is 0.480 e. The number of benzene rings is 1. The van der Waals surface area contributed by atoms with E-state index in [1.807, 2.05) is 0 Å². The van der Waals surface area contributed by atoms with Crippen molar-refractivity contribution in [2.24, 2.45) is 0 Å². The van der Waals surface area contributed by atoms with Gasteiger partial charge in [-0.15, -0.1) is 13.2 Å². The summed E-state index contributed by atoms with van der Waals surface area (Å²) in [5, 5.41) is 8.76. The number of sulfonamides is 1. The van der Waals surface area contributed by atoms with Gasteiger partial charge in [0.15, 0.2) is 0 Å². The van der Waals surface area contributed by atoms with Crippen LogP contribution in [0.1, 0.15) is 13.3 Å². The molecule has 1 aromatic rings. The molecule has 124 valence electrons. The Labute approximate surface area is 125 Å². The number of nitrogens with zero attached hydrogens (tertiary/aromatic N) is 1. The lowest BCUT2D eigenvalue weighted by atomic mass is 10.3. The van der Waals surface area contributed by atoms with E-state index in [4.69, 9.17) is 5.11 Å². The number of carboxylic acids is 1. The van der Waals surface area contributed by atoms with Crippen molar-refractivity contribution in [2.75, 3.05) is 13.1 Å². The molecule has 6 nitrogen and oxygen atoms in total. The normalized spacial score (nSPS) is 12.4. The first-order chi connectivity index (χ1) is 10.1. The molecule has 0 radical (unpaired) electrons. The molecule has 1 aromatic carbocycles. The SMILES string of the molecule is CCCN(CC(=O)O)S(=O)(=O)c1ccccc1OC(F)(F)F. The Hall–Kier alpha value is -1.81. The molecule has 0 atom stereocenters. The average Bonchev–Trinajstić information content (AvgIpc) is 2.36. The molecule has 0 heterocycles. The minimum Gasteiger partial charge on any atom is -0.480 e. The highest BCUT2D eigenvalue weighted by molar-refractivity contribution is 7.89. The van der Waals surface area contributed by atoms with Crippen LogP contribution in [0.4, 0.5) is 13.2 Å². The number of halogens is 3. The van der Waals surface area contributed by atoms with Gasteiger partial charge in [-0.2, -0.15) is 4.31 Å². The second-order valence-corrected chi connectivity index (χ2v) is 6.13. The van der Waals surface area contributed by atoms with E-state index >= 15 is 0 Å². The zero-order valence-electron chi connectivity index (χ0n) is 11.5. The summed E-state index contributed by atoms with van der Waals surface area (Å²) in [6, 6.07) is 4.19. The van der Waals surface area contributed by atoms with Gasteiger partial charge in [-0.05, 0) is 18.6 Å². The van der Waals surface area contributed by atoms with E-state index in [9.17, 15) is 26.4 Å². The van der Waals surface area contributed by atoms with Crippen molar-refractivity contribution in [3.63, 3.8) is 0 Å². The molecule has 0 aromatic heterocycles. The maximum Gasteiger partial charge on any atom is 0.573 e. The van der Waals surface area contributed by atoms with Crippen LogP contribution in [0, 0.1) is 0 Å². The summed E-state index contributed by atoms with van der Waals surface area (Å²) in [6.45, 7) is 0.619. The minimum atomic E-state index is -5.06. The van der Waals surface area contributed by atoms with Crippen LogP contribution in [0.5, 0.6) is 5.75 Å². The standard InChI is InChI=1S/C12H14F3NO5S/c1-2-7-16(8-11(17)18)22(19,20)10-6-4-3-5-9(10)21-12(13,14)15/h3-6H,2,7-8H2,1H3,(H,17,18). The monoisotopic (exact) mass is 341 g/mol. The molecule has 0 saturated heterocycles. The first-order valence-electron chi connectivity index (χ1n) is 6.14. The highest BCUT2D eigenvalue weighted by Gasteiger charge is 2.35. The molecule has 0 aliphatic rings. The summed E-state index contributed by atoms with van der Waals surface area (Å²) in [6.07, 6.45) is -4.76. The number of hydrogen-bond donors (Lipinski definition) is 1. The number of hydrogen-bond acceptors (Lipinski definition) is 4. The summed E-state index contributed by atoms with van der Waals surface area (Å²) in [5.74, 6) is -2.31. The van der Waals surface area contributed by atoms with Crippen LogP contribution in [-0.2, 0) is 14.8 Å². The second kappa shape index (κ2) is 6.97. The third kappa shape index (κ3) is 4.88. The molecular formula is C12H14F3NO5S. The van der Waals surface area contributed by atoms with E-state index in [2.05, 4.69) is 4.74 Å². The van der Waals surface area contributed by atoms with E-state index in [0.717, 1.165) is 12.1 Å². The van der Waals surface area contributed by atoms with E-state index in [1.54, 1.807) is 6.92 Å². The first kappa shape index (κ1) is 18.2. The van der Waals surface area contributed by atoms with Gasteiger partial charge < -0.3 is 9.84 Å².